The standard InChI is InChI=1S/C35H36ClF3N4O3/c1-3-28-32-27(40-41(28)2)19-42(20-30(38)39)15-4-5-16-43-33-25(13-14-26(36)31(32)33)24(34(43)35(44)45)9-7-17-46-29-10-6-8-21-18-22(37)11-12-23(21)29/h6,8,10-14,18,30H,3-5,7,9,15-17,19-20H2,1-2H3,(H,44,45). The van der Waals surface area contributed by atoms with Crippen molar-refractivity contribution in [3.05, 3.63) is 82.0 Å². The molecule has 0 saturated heterocycles. The van der Waals surface area contributed by atoms with Gasteiger partial charge in [0, 0.05) is 47.7 Å². The Hall–Kier alpha value is -4.02. The zero-order valence-electron chi connectivity index (χ0n) is 25.8. The molecule has 1 aliphatic heterocycles. The van der Waals surface area contributed by atoms with Gasteiger partial charge in [0.2, 0.25) is 0 Å². The maximum atomic E-state index is 13.8. The van der Waals surface area contributed by atoms with Gasteiger partial charge in [-0.2, -0.15) is 5.10 Å². The van der Waals surface area contributed by atoms with Gasteiger partial charge in [-0.25, -0.2) is 18.0 Å². The van der Waals surface area contributed by atoms with Crippen molar-refractivity contribution in [1.29, 1.82) is 0 Å². The van der Waals surface area contributed by atoms with Crippen molar-refractivity contribution < 1.29 is 27.8 Å². The summed E-state index contributed by atoms with van der Waals surface area (Å²) in [5, 5.41) is 18.2. The van der Waals surface area contributed by atoms with Gasteiger partial charge in [-0.05, 0) is 79.9 Å². The first-order valence-electron chi connectivity index (χ1n) is 15.6. The van der Waals surface area contributed by atoms with Gasteiger partial charge in [-0.3, -0.25) is 9.58 Å². The van der Waals surface area contributed by atoms with Crippen molar-refractivity contribution >= 4 is 39.2 Å². The molecule has 6 rings (SSSR count). The highest BCUT2D eigenvalue weighted by Gasteiger charge is 2.30. The minimum atomic E-state index is -2.49. The van der Waals surface area contributed by atoms with E-state index in [0.717, 1.165) is 32.9 Å². The highest BCUT2D eigenvalue weighted by Crippen LogP contribution is 2.43. The fourth-order valence-corrected chi connectivity index (χ4v) is 7.15. The molecule has 3 heterocycles. The smallest absolute Gasteiger partial charge is 0.352 e. The molecule has 0 unspecified atom stereocenters. The first kappa shape index (κ1) is 31.9. The van der Waals surface area contributed by atoms with E-state index < -0.39 is 12.4 Å². The topological polar surface area (TPSA) is 72.5 Å². The Kier molecular flexibility index (Phi) is 9.29. The maximum Gasteiger partial charge on any atom is 0.352 e. The number of carboxylic acids is 1. The van der Waals surface area contributed by atoms with Crippen LogP contribution in [0.5, 0.6) is 5.75 Å². The van der Waals surface area contributed by atoms with Crippen molar-refractivity contribution in [2.45, 2.75) is 58.5 Å². The van der Waals surface area contributed by atoms with Crippen LogP contribution in [0, 0.1) is 5.82 Å². The van der Waals surface area contributed by atoms with Crippen molar-refractivity contribution in [3.63, 3.8) is 0 Å². The van der Waals surface area contributed by atoms with E-state index in [0.29, 0.717) is 79.4 Å². The summed E-state index contributed by atoms with van der Waals surface area (Å²) in [7, 11) is 1.84. The molecule has 0 amide bonds. The Morgan fingerprint density at radius 1 is 1.09 bits per heavy atom. The summed E-state index contributed by atoms with van der Waals surface area (Å²) in [5.41, 5.74) is 4.63. The van der Waals surface area contributed by atoms with Crippen LogP contribution in [-0.2, 0) is 33.0 Å². The molecular formula is C35H36ClF3N4O3. The van der Waals surface area contributed by atoms with Crippen LogP contribution in [0.15, 0.2) is 48.5 Å². The van der Waals surface area contributed by atoms with E-state index >= 15 is 0 Å². The molecule has 5 aromatic rings. The number of carboxylic acid groups (broad SMARTS) is 1. The van der Waals surface area contributed by atoms with Crippen LogP contribution in [0.25, 0.3) is 32.8 Å². The van der Waals surface area contributed by atoms with Gasteiger partial charge < -0.3 is 14.4 Å². The average Bonchev–Trinajstić information content (AvgIpc) is 3.48. The molecule has 0 bridgehead atoms. The van der Waals surface area contributed by atoms with E-state index in [-0.39, 0.29) is 24.6 Å². The number of aryl methyl sites for hydroxylation is 3. The Bertz CT molecular complexity index is 1920. The number of ether oxygens (including phenoxy) is 1. The molecule has 0 radical (unpaired) electrons. The molecule has 1 N–H and O–H groups in total. The summed E-state index contributed by atoms with van der Waals surface area (Å²) < 4.78 is 50.6. The van der Waals surface area contributed by atoms with Crippen molar-refractivity contribution in [2.75, 3.05) is 19.7 Å². The Morgan fingerprint density at radius 2 is 1.87 bits per heavy atom. The highest BCUT2D eigenvalue weighted by molar-refractivity contribution is 6.35. The van der Waals surface area contributed by atoms with Crippen LogP contribution < -0.4 is 4.74 Å². The summed E-state index contributed by atoms with van der Waals surface area (Å²) >= 11 is 6.97. The molecular weight excluding hydrogens is 617 g/mol. The van der Waals surface area contributed by atoms with Crippen LogP contribution in [0.1, 0.15) is 53.6 Å². The minimum absolute atomic E-state index is 0.200. The largest absolute Gasteiger partial charge is 0.493 e. The van der Waals surface area contributed by atoms with Gasteiger partial charge in [0.1, 0.15) is 17.3 Å². The van der Waals surface area contributed by atoms with Crippen LogP contribution in [0.2, 0.25) is 5.02 Å². The Labute approximate surface area is 270 Å². The van der Waals surface area contributed by atoms with Crippen molar-refractivity contribution in [3.8, 4) is 16.9 Å². The summed E-state index contributed by atoms with van der Waals surface area (Å²) in [6, 6.07) is 13.7. The third-order valence-electron chi connectivity index (χ3n) is 8.81. The lowest BCUT2D eigenvalue weighted by atomic mass is 9.97. The van der Waals surface area contributed by atoms with Crippen molar-refractivity contribution in [1.82, 2.24) is 19.2 Å². The number of alkyl halides is 2. The number of fused-ring (bicyclic) bond motifs is 3. The second-order valence-electron chi connectivity index (χ2n) is 11.8. The number of nitrogens with zero attached hydrogens (tertiary/aromatic N) is 4. The Balaban J connectivity index is 1.42. The highest BCUT2D eigenvalue weighted by atomic mass is 35.5. The predicted molar refractivity (Wildman–Crippen MR) is 174 cm³/mol. The molecule has 11 heteroatoms. The number of aromatic carboxylic acids is 1. The van der Waals surface area contributed by atoms with Gasteiger partial charge in [0.05, 0.1) is 29.4 Å². The molecule has 2 aromatic heterocycles. The van der Waals surface area contributed by atoms with E-state index in [9.17, 15) is 23.1 Å². The van der Waals surface area contributed by atoms with Crippen LogP contribution >= 0.6 is 11.6 Å². The van der Waals surface area contributed by atoms with Crippen LogP contribution in [-0.4, -0.2) is 56.4 Å². The lowest BCUT2D eigenvalue weighted by molar-refractivity contribution is 0.0682. The molecule has 0 atom stereocenters. The molecule has 46 heavy (non-hydrogen) atoms. The van der Waals surface area contributed by atoms with Gasteiger partial charge >= 0.3 is 5.97 Å². The molecule has 242 valence electrons. The second-order valence-corrected chi connectivity index (χ2v) is 12.2. The monoisotopic (exact) mass is 652 g/mol. The summed E-state index contributed by atoms with van der Waals surface area (Å²) in [6.07, 6.45) is 0.327. The van der Waals surface area contributed by atoms with E-state index in [1.807, 2.05) is 42.8 Å². The van der Waals surface area contributed by atoms with Gasteiger partial charge in [-0.15, -0.1) is 0 Å². The predicted octanol–water partition coefficient (Wildman–Crippen LogP) is 8.12. The first-order valence-corrected chi connectivity index (χ1v) is 16.0. The van der Waals surface area contributed by atoms with Crippen LogP contribution in [0.4, 0.5) is 13.2 Å². The Morgan fingerprint density at radius 3 is 2.63 bits per heavy atom. The molecule has 0 spiro atoms. The first-order chi connectivity index (χ1) is 22.2. The number of aromatic nitrogens is 3. The fourth-order valence-electron chi connectivity index (χ4n) is 6.91. The molecule has 3 aromatic carbocycles. The number of carbonyl (C=O) groups is 1. The molecule has 0 fully saturated rings. The average molecular weight is 653 g/mol. The number of benzene rings is 3. The summed E-state index contributed by atoms with van der Waals surface area (Å²) in [6.45, 7) is 3.03. The zero-order valence-corrected chi connectivity index (χ0v) is 26.6. The minimum Gasteiger partial charge on any atom is -0.493 e. The number of hydrogen-bond donors (Lipinski definition) is 1. The molecule has 0 saturated carbocycles. The molecule has 7 nitrogen and oxygen atoms in total. The van der Waals surface area contributed by atoms with Gasteiger partial charge in [-0.1, -0.05) is 36.7 Å². The third-order valence-corrected chi connectivity index (χ3v) is 9.13. The quantitative estimate of drug-likeness (QED) is 0.163. The lowest BCUT2D eigenvalue weighted by Crippen LogP contribution is -2.30. The zero-order chi connectivity index (χ0) is 32.5. The maximum absolute atomic E-state index is 13.8. The number of hydrogen-bond acceptors (Lipinski definition) is 4. The summed E-state index contributed by atoms with van der Waals surface area (Å²) in [5.74, 6) is -0.719. The van der Waals surface area contributed by atoms with E-state index in [4.69, 9.17) is 21.4 Å². The third kappa shape index (κ3) is 6.08. The van der Waals surface area contributed by atoms with Crippen LogP contribution in [0.3, 0.4) is 0 Å². The van der Waals surface area contributed by atoms with E-state index in [1.165, 1.54) is 12.1 Å². The fraction of sp³-hybridized carbons (Fsp3) is 0.371. The van der Waals surface area contributed by atoms with E-state index in [2.05, 4.69) is 0 Å². The lowest BCUT2D eigenvalue weighted by Gasteiger charge is -2.21. The SMILES string of the molecule is CCc1c2c(nn1C)CN(CC(F)F)CCCCn1c(C(=O)O)c(CCCOc3cccc4cc(F)ccc34)c3ccc(Cl)c-2c31. The normalized spacial score (nSPS) is 14.2. The van der Waals surface area contributed by atoms with Gasteiger partial charge in [0.25, 0.3) is 6.43 Å². The summed E-state index contributed by atoms with van der Waals surface area (Å²) in [4.78, 5) is 14.7. The molecule has 0 aliphatic carbocycles. The molecule has 1 aliphatic rings. The number of rotatable bonds is 9. The van der Waals surface area contributed by atoms with E-state index in [1.54, 1.807) is 21.7 Å². The van der Waals surface area contributed by atoms with Gasteiger partial charge in [0.15, 0.2) is 0 Å². The number of halogens is 4. The second kappa shape index (κ2) is 13.4. The van der Waals surface area contributed by atoms with Crippen molar-refractivity contribution in [2.24, 2.45) is 7.05 Å².